The number of aromatic carboxylic acids is 1. The van der Waals surface area contributed by atoms with Crippen LogP contribution in [0.1, 0.15) is 10.4 Å². The number of hydrogen-bond donors (Lipinski definition) is 6. The molecule has 224 valence electrons. The van der Waals surface area contributed by atoms with Gasteiger partial charge in [-0.25, -0.2) is 9.78 Å². The molecule has 16 heteroatoms. The Morgan fingerprint density at radius 1 is 0.762 bits per heavy atom. The van der Waals surface area contributed by atoms with Gasteiger partial charge in [0.2, 0.25) is 0 Å². The van der Waals surface area contributed by atoms with Gasteiger partial charge in [-0.15, -0.1) is 0 Å². The van der Waals surface area contributed by atoms with Crippen molar-refractivity contribution in [2.45, 2.75) is 0 Å². The molecule has 0 aliphatic rings. The Morgan fingerprint density at radius 2 is 1.40 bits per heavy atom. The topological polar surface area (TPSA) is 240 Å². The fourth-order valence-electron chi connectivity index (χ4n) is 3.97. The van der Waals surface area contributed by atoms with E-state index in [1.807, 2.05) is 0 Å². The Balaban J connectivity index is 1.80. The van der Waals surface area contributed by atoms with Crippen LogP contribution in [0.4, 0.5) is 5.69 Å². The minimum atomic E-state index is -1.27. The summed E-state index contributed by atoms with van der Waals surface area (Å²) in [6.45, 7) is -2.30. The number of rotatable bonds is 18. The van der Waals surface area contributed by atoms with Gasteiger partial charge in [0.1, 0.15) is 31.3 Å². The number of carbonyl (C=O) groups is 5. The van der Waals surface area contributed by atoms with Gasteiger partial charge in [0.05, 0.1) is 48.6 Å². The molecule has 6 N–H and O–H groups in total. The molecule has 0 saturated heterocycles. The van der Waals surface area contributed by atoms with Crippen molar-refractivity contribution in [2.24, 2.45) is 0 Å². The summed E-state index contributed by atoms with van der Waals surface area (Å²) in [5.74, 6) is -5.56. The number of aromatic nitrogens is 2. The predicted octanol–water partition coefficient (Wildman–Crippen LogP) is 0.770. The Bertz CT molecular complexity index is 1440. The van der Waals surface area contributed by atoms with Crippen molar-refractivity contribution in [2.75, 3.05) is 57.4 Å². The fourth-order valence-corrected chi connectivity index (χ4v) is 3.97. The maximum absolute atomic E-state index is 11.4. The molecule has 3 rings (SSSR count). The van der Waals surface area contributed by atoms with E-state index in [-0.39, 0.29) is 43.4 Å². The van der Waals surface area contributed by atoms with E-state index in [2.05, 4.69) is 9.97 Å². The molecule has 0 saturated carbocycles. The van der Waals surface area contributed by atoms with E-state index in [0.29, 0.717) is 22.4 Å². The lowest BCUT2D eigenvalue weighted by molar-refractivity contribution is -0.142. The molecule has 0 unspecified atom stereocenters. The standard InChI is InChI=1S/C26H28N4O12/c31-21(32)11-29(12-22(33)34)5-6-41-7-8-42-20-10-15(2-4-19(20)30(13-23(35)36)14-24(37)38)25-27-17-3-1-16(26(39)40)9-18(17)28-25/h1-4,9-10H,5-8,11-14H2,(H,27,28)(H,31,32)(H,33,34)(H,35,36)(H,37,38)(H,39,40). The second kappa shape index (κ2) is 14.4. The Hall–Kier alpha value is -5.22. The molecular formula is C26H28N4O12. The number of H-pyrrole nitrogens is 1. The number of carboxylic acids is 5. The maximum atomic E-state index is 11.4. The Kier molecular flexibility index (Phi) is 10.8. The van der Waals surface area contributed by atoms with Gasteiger partial charge < -0.3 is 44.9 Å². The number of imidazole rings is 1. The SMILES string of the molecule is O=C(O)CN(CCOCCOc1cc(-c2nc3ccc(C(=O)O)cc3[nH]2)ccc1N(CC(=O)O)CC(=O)O)CC(=O)O. The third-order valence-corrected chi connectivity index (χ3v) is 5.71. The molecule has 0 aliphatic carbocycles. The summed E-state index contributed by atoms with van der Waals surface area (Å²) in [7, 11) is 0. The highest BCUT2D eigenvalue weighted by atomic mass is 16.5. The quantitative estimate of drug-likeness (QED) is 0.112. The normalized spacial score (nSPS) is 11.0. The number of nitrogens with zero attached hydrogens (tertiary/aromatic N) is 3. The first-order valence-electron chi connectivity index (χ1n) is 12.4. The van der Waals surface area contributed by atoms with Crippen molar-refractivity contribution in [1.29, 1.82) is 0 Å². The highest BCUT2D eigenvalue weighted by Crippen LogP contribution is 2.33. The van der Waals surface area contributed by atoms with E-state index < -0.39 is 56.0 Å². The lowest BCUT2D eigenvalue weighted by atomic mass is 10.1. The highest BCUT2D eigenvalue weighted by molar-refractivity contribution is 5.93. The number of hydrogen-bond acceptors (Lipinski definition) is 10. The van der Waals surface area contributed by atoms with Crippen LogP contribution in [0.3, 0.4) is 0 Å². The van der Waals surface area contributed by atoms with Crippen LogP contribution in [0.15, 0.2) is 36.4 Å². The highest BCUT2D eigenvalue weighted by Gasteiger charge is 2.20. The fraction of sp³-hybridized carbons (Fsp3) is 0.308. The van der Waals surface area contributed by atoms with Crippen molar-refractivity contribution in [3.63, 3.8) is 0 Å². The molecule has 0 bridgehead atoms. The van der Waals surface area contributed by atoms with Crippen molar-refractivity contribution >= 4 is 46.6 Å². The molecule has 1 heterocycles. The number of aromatic amines is 1. The van der Waals surface area contributed by atoms with Gasteiger partial charge >= 0.3 is 29.8 Å². The van der Waals surface area contributed by atoms with E-state index in [9.17, 15) is 39.3 Å². The van der Waals surface area contributed by atoms with Crippen LogP contribution >= 0.6 is 0 Å². The van der Waals surface area contributed by atoms with E-state index in [0.717, 1.165) is 4.90 Å². The zero-order valence-corrected chi connectivity index (χ0v) is 22.1. The summed E-state index contributed by atoms with van der Waals surface area (Å²) in [6.07, 6.45) is 0. The second-order valence-corrected chi connectivity index (χ2v) is 8.91. The second-order valence-electron chi connectivity index (χ2n) is 8.91. The first-order valence-corrected chi connectivity index (χ1v) is 12.4. The monoisotopic (exact) mass is 588 g/mol. The zero-order chi connectivity index (χ0) is 30.8. The predicted molar refractivity (Wildman–Crippen MR) is 144 cm³/mol. The molecule has 0 spiro atoms. The van der Waals surface area contributed by atoms with Gasteiger partial charge in [-0.1, -0.05) is 0 Å². The summed E-state index contributed by atoms with van der Waals surface area (Å²) in [5, 5.41) is 45.7. The van der Waals surface area contributed by atoms with E-state index >= 15 is 0 Å². The van der Waals surface area contributed by atoms with Crippen LogP contribution in [-0.4, -0.2) is 123 Å². The molecule has 0 amide bonds. The van der Waals surface area contributed by atoms with Crippen molar-refractivity contribution < 1.29 is 59.0 Å². The van der Waals surface area contributed by atoms with Gasteiger partial charge in [-0.2, -0.15) is 0 Å². The van der Waals surface area contributed by atoms with Gasteiger partial charge in [0, 0.05) is 12.1 Å². The minimum Gasteiger partial charge on any atom is -0.489 e. The molecule has 1 aromatic heterocycles. The van der Waals surface area contributed by atoms with Crippen LogP contribution < -0.4 is 9.64 Å². The van der Waals surface area contributed by atoms with Crippen LogP contribution in [0.2, 0.25) is 0 Å². The summed E-state index contributed by atoms with van der Waals surface area (Å²) < 4.78 is 11.3. The zero-order valence-electron chi connectivity index (χ0n) is 22.1. The van der Waals surface area contributed by atoms with Crippen molar-refractivity contribution in [3.05, 3.63) is 42.0 Å². The summed E-state index contributed by atoms with van der Waals surface area (Å²) >= 11 is 0. The third kappa shape index (κ3) is 9.17. The van der Waals surface area contributed by atoms with Crippen LogP contribution in [0.5, 0.6) is 5.75 Å². The van der Waals surface area contributed by atoms with Crippen molar-refractivity contribution in [3.8, 4) is 17.1 Å². The van der Waals surface area contributed by atoms with Crippen molar-refractivity contribution in [1.82, 2.24) is 14.9 Å². The lowest BCUT2D eigenvalue weighted by Gasteiger charge is -2.24. The molecule has 0 aliphatic heterocycles. The van der Waals surface area contributed by atoms with Gasteiger partial charge in [0.25, 0.3) is 0 Å². The lowest BCUT2D eigenvalue weighted by Crippen LogP contribution is -2.37. The molecule has 16 nitrogen and oxygen atoms in total. The number of ether oxygens (including phenoxy) is 2. The van der Waals surface area contributed by atoms with Gasteiger partial charge in [-0.05, 0) is 36.4 Å². The Morgan fingerprint density at radius 3 is 2.00 bits per heavy atom. The molecular weight excluding hydrogens is 560 g/mol. The average Bonchev–Trinajstić information content (AvgIpc) is 3.32. The van der Waals surface area contributed by atoms with E-state index in [1.165, 1.54) is 35.2 Å². The molecule has 42 heavy (non-hydrogen) atoms. The third-order valence-electron chi connectivity index (χ3n) is 5.71. The summed E-state index contributed by atoms with van der Waals surface area (Å²) in [5.41, 5.74) is 1.66. The smallest absolute Gasteiger partial charge is 0.335 e. The number of nitrogens with one attached hydrogen (secondary N) is 1. The molecule has 0 radical (unpaired) electrons. The van der Waals surface area contributed by atoms with Gasteiger partial charge in [0.15, 0.2) is 0 Å². The number of aliphatic carboxylic acids is 4. The number of benzene rings is 2. The molecule has 0 atom stereocenters. The number of anilines is 1. The first-order chi connectivity index (χ1) is 19.9. The number of fused-ring (bicyclic) bond motifs is 1. The summed E-state index contributed by atoms with van der Waals surface area (Å²) in [4.78, 5) is 65.8. The minimum absolute atomic E-state index is 0.00170. The largest absolute Gasteiger partial charge is 0.489 e. The van der Waals surface area contributed by atoms with E-state index in [1.54, 1.807) is 6.07 Å². The van der Waals surface area contributed by atoms with Gasteiger partial charge in [-0.3, -0.25) is 24.1 Å². The van der Waals surface area contributed by atoms with Crippen LogP contribution in [0.25, 0.3) is 22.4 Å². The van der Waals surface area contributed by atoms with Crippen LogP contribution in [0, 0.1) is 0 Å². The maximum Gasteiger partial charge on any atom is 0.335 e. The number of carboxylic acid groups (broad SMARTS) is 5. The van der Waals surface area contributed by atoms with E-state index in [4.69, 9.17) is 19.7 Å². The van der Waals surface area contributed by atoms with Crippen LogP contribution in [-0.2, 0) is 23.9 Å². The molecule has 3 aromatic rings. The average molecular weight is 589 g/mol. The first kappa shape index (κ1) is 31.3. The molecule has 0 fully saturated rings. The Labute approximate surface area is 237 Å². The molecule has 2 aromatic carbocycles. The summed E-state index contributed by atoms with van der Waals surface area (Å²) in [6, 6.07) is 8.94.